The van der Waals surface area contributed by atoms with E-state index >= 15 is 0 Å². The lowest BCUT2D eigenvalue weighted by Gasteiger charge is -2.28. The minimum Gasteiger partial charge on any atom is -0.476 e. The van der Waals surface area contributed by atoms with E-state index in [4.69, 9.17) is 14.7 Å². The van der Waals surface area contributed by atoms with Crippen LogP contribution in [0, 0.1) is 11.7 Å². The van der Waals surface area contributed by atoms with Gasteiger partial charge in [0.05, 0.1) is 17.6 Å². The maximum atomic E-state index is 13.6. The van der Waals surface area contributed by atoms with E-state index in [1.165, 1.54) is 12.1 Å². The van der Waals surface area contributed by atoms with Crippen molar-refractivity contribution in [1.29, 1.82) is 0 Å². The molecular weight excluding hydrogens is 471 g/mol. The van der Waals surface area contributed by atoms with Crippen LogP contribution in [-0.2, 0) is 6.42 Å². The van der Waals surface area contributed by atoms with Gasteiger partial charge in [0, 0.05) is 36.5 Å². The number of carbonyl (C=O) groups is 1. The number of amides is 1. The maximum Gasteiger partial charge on any atom is 0.251 e. The van der Waals surface area contributed by atoms with Crippen LogP contribution in [-0.4, -0.2) is 64.0 Å². The topological polar surface area (TPSA) is 96.0 Å². The number of nitrogens with one attached hydrogen (secondary N) is 2. The van der Waals surface area contributed by atoms with Gasteiger partial charge in [-0.2, -0.15) is 0 Å². The van der Waals surface area contributed by atoms with Crippen molar-refractivity contribution in [3.63, 3.8) is 0 Å². The van der Waals surface area contributed by atoms with Gasteiger partial charge in [0.1, 0.15) is 17.3 Å². The molecule has 5 rings (SSSR count). The van der Waals surface area contributed by atoms with E-state index < -0.39 is 0 Å². The molecular formula is C28H31FN6O2. The Hall–Kier alpha value is -3.85. The fraction of sp³-hybridized carbons (Fsp3) is 0.357. The predicted octanol–water partition coefficient (Wildman–Crippen LogP) is 4.24. The van der Waals surface area contributed by atoms with Crippen molar-refractivity contribution >= 4 is 16.9 Å². The van der Waals surface area contributed by atoms with Crippen molar-refractivity contribution in [3.05, 3.63) is 72.1 Å². The summed E-state index contributed by atoms with van der Waals surface area (Å²) in [6.45, 7) is 3.19. The number of fused-ring (bicyclic) bond motifs is 1. The molecule has 9 heteroatoms. The van der Waals surface area contributed by atoms with Crippen LogP contribution in [0.1, 0.15) is 35.4 Å². The minimum absolute atomic E-state index is 0.172. The Morgan fingerprint density at radius 1 is 1.14 bits per heavy atom. The molecule has 2 aromatic heterocycles. The first-order valence-corrected chi connectivity index (χ1v) is 12.7. The van der Waals surface area contributed by atoms with Crippen LogP contribution in [0.25, 0.3) is 22.3 Å². The van der Waals surface area contributed by atoms with Crippen molar-refractivity contribution in [3.8, 4) is 17.1 Å². The van der Waals surface area contributed by atoms with Crippen LogP contribution in [0.3, 0.4) is 0 Å². The van der Waals surface area contributed by atoms with E-state index in [-0.39, 0.29) is 11.7 Å². The van der Waals surface area contributed by atoms with Gasteiger partial charge in [-0.05, 0) is 87.8 Å². The average molecular weight is 503 g/mol. The second-order valence-electron chi connectivity index (χ2n) is 9.54. The molecule has 1 amide bonds. The van der Waals surface area contributed by atoms with E-state index in [1.807, 2.05) is 0 Å². The maximum absolute atomic E-state index is 13.6. The Balaban J connectivity index is 1.34. The number of halogens is 1. The quantitative estimate of drug-likeness (QED) is 0.333. The van der Waals surface area contributed by atoms with Gasteiger partial charge < -0.3 is 19.9 Å². The molecule has 37 heavy (non-hydrogen) atoms. The number of hydrogen-bond donors (Lipinski definition) is 2. The SMILES string of the molecule is CN1CCC(COc2nc3ccc(C(=O)NCCCc4ncc[nH]4)cc3nc2-c2ccc(F)cc2)CC1. The summed E-state index contributed by atoms with van der Waals surface area (Å²) in [7, 11) is 2.13. The van der Waals surface area contributed by atoms with Crippen molar-refractivity contribution in [2.45, 2.75) is 25.7 Å². The van der Waals surface area contributed by atoms with Gasteiger partial charge in [-0.3, -0.25) is 4.79 Å². The Bertz CT molecular complexity index is 1340. The molecule has 0 unspecified atom stereocenters. The highest BCUT2D eigenvalue weighted by atomic mass is 19.1. The van der Waals surface area contributed by atoms with Gasteiger partial charge in [0.15, 0.2) is 0 Å². The molecule has 2 aromatic carbocycles. The fourth-order valence-electron chi connectivity index (χ4n) is 4.50. The molecule has 0 saturated carbocycles. The molecule has 1 aliphatic rings. The second kappa shape index (κ2) is 11.5. The number of imidazole rings is 1. The van der Waals surface area contributed by atoms with Crippen LogP contribution < -0.4 is 10.1 Å². The van der Waals surface area contributed by atoms with Gasteiger partial charge in [-0.1, -0.05) is 0 Å². The highest BCUT2D eigenvalue weighted by Gasteiger charge is 2.20. The van der Waals surface area contributed by atoms with Crippen molar-refractivity contribution in [1.82, 2.24) is 30.2 Å². The highest BCUT2D eigenvalue weighted by Crippen LogP contribution is 2.30. The van der Waals surface area contributed by atoms with Crippen LogP contribution in [0.4, 0.5) is 4.39 Å². The number of rotatable bonds is 9. The van der Waals surface area contributed by atoms with E-state index in [1.54, 1.807) is 42.7 Å². The Labute approximate surface area is 215 Å². The third-order valence-corrected chi connectivity index (χ3v) is 6.74. The summed E-state index contributed by atoms with van der Waals surface area (Å²) in [6, 6.07) is 11.4. The summed E-state index contributed by atoms with van der Waals surface area (Å²) >= 11 is 0. The number of benzene rings is 2. The fourth-order valence-corrected chi connectivity index (χ4v) is 4.50. The molecule has 3 heterocycles. The monoisotopic (exact) mass is 502 g/mol. The molecule has 1 fully saturated rings. The third kappa shape index (κ3) is 6.29. The number of carbonyl (C=O) groups excluding carboxylic acids is 1. The number of nitrogens with zero attached hydrogens (tertiary/aromatic N) is 4. The number of aryl methyl sites for hydroxylation is 1. The van der Waals surface area contributed by atoms with Crippen LogP contribution >= 0.6 is 0 Å². The van der Waals surface area contributed by atoms with Gasteiger partial charge in [-0.15, -0.1) is 0 Å². The first-order chi connectivity index (χ1) is 18.0. The molecule has 0 aliphatic carbocycles. The molecule has 0 atom stereocenters. The summed E-state index contributed by atoms with van der Waals surface area (Å²) < 4.78 is 19.8. The Kier molecular flexibility index (Phi) is 7.70. The molecule has 0 spiro atoms. The smallest absolute Gasteiger partial charge is 0.251 e. The van der Waals surface area contributed by atoms with E-state index in [0.29, 0.717) is 52.8 Å². The molecule has 0 radical (unpaired) electrons. The molecule has 2 N–H and O–H groups in total. The first-order valence-electron chi connectivity index (χ1n) is 12.7. The number of piperidine rings is 1. The standard InChI is InChI=1S/C28H31FN6O2/c1-35-15-10-19(11-16-35)18-37-28-26(20-4-7-22(29)8-5-20)33-24-17-21(6-9-23(24)34-28)27(36)32-12-2-3-25-30-13-14-31-25/h4-9,13-14,17,19H,2-3,10-12,15-16,18H2,1H3,(H,30,31)(H,32,36). The molecule has 8 nitrogen and oxygen atoms in total. The number of H-pyrrole nitrogens is 1. The molecule has 0 bridgehead atoms. The van der Waals surface area contributed by atoms with Crippen LogP contribution in [0.2, 0.25) is 0 Å². The van der Waals surface area contributed by atoms with Crippen LogP contribution in [0.15, 0.2) is 54.9 Å². The summed E-state index contributed by atoms with van der Waals surface area (Å²) in [6.07, 6.45) is 7.19. The average Bonchev–Trinajstić information content (AvgIpc) is 3.44. The zero-order chi connectivity index (χ0) is 25.6. The molecule has 192 valence electrons. The summed E-state index contributed by atoms with van der Waals surface area (Å²) in [5, 5.41) is 2.95. The molecule has 1 saturated heterocycles. The zero-order valence-electron chi connectivity index (χ0n) is 20.9. The van der Waals surface area contributed by atoms with Crippen LogP contribution in [0.5, 0.6) is 5.88 Å². The number of aromatic nitrogens is 4. The summed E-state index contributed by atoms with van der Waals surface area (Å²) in [4.78, 5) is 31.9. The minimum atomic E-state index is -0.322. The number of hydrogen-bond acceptors (Lipinski definition) is 6. The zero-order valence-corrected chi connectivity index (χ0v) is 20.9. The Morgan fingerprint density at radius 2 is 1.95 bits per heavy atom. The van der Waals surface area contributed by atoms with E-state index in [0.717, 1.165) is 44.6 Å². The predicted molar refractivity (Wildman–Crippen MR) is 140 cm³/mol. The Morgan fingerprint density at radius 3 is 2.70 bits per heavy atom. The van der Waals surface area contributed by atoms with Gasteiger partial charge >= 0.3 is 0 Å². The largest absolute Gasteiger partial charge is 0.476 e. The van der Waals surface area contributed by atoms with Gasteiger partial charge in [-0.25, -0.2) is 19.3 Å². The van der Waals surface area contributed by atoms with Gasteiger partial charge in [0.2, 0.25) is 5.88 Å². The summed E-state index contributed by atoms with van der Waals surface area (Å²) in [5.41, 5.74) is 2.97. The number of likely N-dealkylation sites (tertiary alicyclic amines) is 1. The van der Waals surface area contributed by atoms with Crippen molar-refractivity contribution < 1.29 is 13.9 Å². The first kappa shape index (κ1) is 24.8. The van der Waals surface area contributed by atoms with Crippen molar-refractivity contribution in [2.24, 2.45) is 5.92 Å². The number of ether oxygens (including phenoxy) is 1. The van der Waals surface area contributed by atoms with Gasteiger partial charge in [0.25, 0.3) is 5.91 Å². The molecule has 1 aliphatic heterocycles. The van der Waals surface area contributed by atoms with Crippen molar-refractivity contribution in [2.75, 3.05) is 33.3 Å². The lowest BCUT2D eigenvalue weighted by Crippen LogP contribution is -2.32. The summed E-state index contributed by atoms with van der Waals surface area (Å²) in [5.74, 6) is 1.28. The third-order valence-electron chi connectivity index (χ3n) is 6.74. The molecule has 4 aromatic rings. The van der Waals surface area contributed by atoms with E-state index in [9.17, 15) is 9.18 Å². The number of aromatic amines is 1. The highest BCUT2D eigenvalue weighted by molar-refractivity contribution is 5.97. The van der Waals surface area contributed by atoms with E-state index in [2.05, 4.69) is 27.2 Å². The second-order valence-corrected chi connectivity index (χ2v) is 9.54. The normalized spacial score (nSPS) is 14.6. The lowest BCUT2D eigenvalue weighted by molar-refractivity contribution is 0.0953. The lowest BCUT2D eigenvalue weighted by atomic mass is 9.98.